The van der Waals surface area contributed by atoms with Crippen LogP contribution in [0.3, 0.4) is 0 Å². The molecule has 1 aromatic heterocycles. The zero-order valence-corrected chi connectivity index (χ0v) is 13.7. The summed E-state index contributed by atoms with van der Waals surface area (Å²) in [6.45, 7) is 2.40. The molecular formula is C16H13F3N4O3. The van der Waals surface area contributed by atoms with Gasteiger partial charge in [-0.25, -0.2) is 0 Å². The SMILES string of the molecule is CCN(C)c1c(Nc2ccc(-c3noc(C(F)(F)F)n3)cc2)c(=O)c1=O. The van der Waals surface area contributed by atoms with Crippen molar-refractivity contribution in [3.05, 3.63) is 50.6 Å². The Hall–Kier alpha value is -3.17. The number of nitrogens with zero attached hydrogens (tertiary/aromatic N) is 3. The van der Waals surface area contributed by atoms with E-state index in [1.165, 1.54) is 24.3 Å². The molecule has 2 aromatic carbocycles. The van der Waals surface area contributed by atoms with E-state index >= 15 is 0 Å². The third-order valence-corrected chi connectivity index (χ3v) is 3.82. The van der Waals surface area contributed by atoms with Gasteiger partial charge in [-0.1, -0.05) is 5.16 Å². The van der Waals surface area contributed by atoms with E-state index in [-0.39, 0.29) is 11.5 Å². The van der Waals surface area contributed by atoms with E-state index in [1.807, 2.05) is 6.92 Å². The minimum atomic E-state index is -4.71. The number of nitrogens with one attached hydrogen (secondary N) is 1. The van der Waals surface area contributed by atoms with E-state index in [2.05, 4.69) is 20.0 Å². The zero-order valence-electron chi connectivity index (χ0n) is 13.7. The van der Waals surface area contributed by atoms with Gasteiger partial charge < -0.3 is 14.7 Å². The van der Waals surface area contributed by atoms with Gasteiger partial charge in [0.2, 0.25) is 5.82 Å². The summed E-state index contributed by atoms with van der Waals surface area (Å²) in [5.74, 6) is -1.63. The monoisotopic (exact) mass is 366 g/mol. The molecule has 0 bridgehead atoms. The molecule has 0 aliphatic heterocycles. The van der Waals surface area contributed by atoms with Crippen molar-refractivity contribution < 1.29 is 17.7 Å². The lowest BCUT2D eigenvalue weighted by Gasteiger charge is -2.22. The summed E-state index contributed by atoms with van der Waals surface area (Å²) in [6.07, 6.45) is -4.71. The fourth-order valence-electron chi connectivity index (χ4n) is 2.32. The minimum absolute atomic E-state index is 0.186. The number of rotatable bonds is 5. The lowest BCUT2D eigenvalue weighted by Crippen LogP contribution is -2.40. The third-order valence-electron chi connectivity index (χ3n) is 3.82. The molecule has 136 valence electrons. The van der Waals surface area contributed by atoms with Crippen LogP contribution in [0.25, 0.3) is 11.4 Å². The topological polar surface area (TPSA) is 88.3 Å². The Labute approximate surface area is 144 Å². The molecule has 1 heterocycles. The maximum absolute atomic E-state index is 12.5. The summed E-state index contributed by atoms with van der Waals surface area (Å²) < 4.78 is 41.7. The number of aromatic nitrogens is 2. The van der Waals surface area contributed by atoms with E-state index in [9.17, 15) is 22.8 Å². The number of halogens is 3. The van der Waals surface area contributed by atoms with Gasteiger partial charge in [-0.3, -0.25) is 9.59 Å². The molecule has 0 aliphatic carbocycles. The Morgan fingerprint density at radius 3 is 2.35 bits per heavy atom. The van der Waals surface area contributed by atoms with Crippen LogP contribution < -0.4 is 21.1 Å². The molecule has 0 saturated heterocycles. The zero-order chi connectivity index (χ0) is 19.1. The normalized spacial score (nSPS) is 11.7. The number of benzene rings is 1. The van der Waals surface area contributed by atoms with Crippen molar-refractivity contribution in [2.45, 2.75) is 13.1 Å². The highest BCUT2D eigenvalue weighted by molar-refractivity contribution is 5.79. The fraction of sp³-hybridized carbons (Fsp3) is 0.250. The summed E-state index contributed by atoms with van der Waals surface area (Å²) in [7, 11) is 1.69. The molecule has 0 saturated carbocycles. The van der Waals surface area contributed by atoms with Crippen LogP contribution in [0.1, 0.15) is 12.8 Å². The van der Waals surface area contributed by atoms with E-state index in [0.29, 0.717) is 23.5 Å². The van der Waals surface area contributed by atoms with Crippen LogP contribution >= 0.6 is 0 Å². The number of hydrogen-bond acceptors (Lipinski definition) is 7. The first-order valence-corrected chi connectivity index (χ1v) is 7.55. The van der Waals surface area contributed by atoms with E-state index in [4.69, 9.17) is 0 Å². The molecule has 0 spiro atoms. The molecule has 3 rings (SSSR count). The third kappa shape index (κ3) is 3.05. The molecule has 7 nitrogen and oxygen atoms in total. The first kappa shape index (κ1) is 17.6. The summed E-state index contributed by atoms with van der Waals surface area (Å²) in [5, 5.41) is 6.15. The molecule has 3 aromatic rings. The van der Waals surface area contributed by atoms with Crippen LogP contribution in [0.5, 0.6) is 0 Å². The maximum atomic E-state index is 12.5. The van der Waals surface area contributed by atoms with Crippen LogP contribution in [-0.4, -0.2) is 23.7 Å². The smallest absolute Gasteiger partial charge is 0.370 e. The van der Waals surface area contributed by atoms with E-state index in [1.54, 1.807) is 11.9 Å². The van der Waals surface area contributed by atoms with Crippen molar-refractivity contribution >= 4 is 17.1 Å². The summed E-state index contributed by atoms with van der Waals surface area (Å²) in [6, 6.07) is 6.02. The van der Waals surface area contributed by atoms with Crippen LogP contribution in [0.15, 0.2) is 38.4 Å². The lowest BCUT2D eigenvalue weighted by molar-refractivity contribution is -0.159. The Kier molecular flexibility index (Phi) is 4.26. The number of alkyl halides is 3. The van der Waals surface area contributed by atoms with Crippen LogP contribution in [0.2, 0.25) is 0 Å². The standard InChI is InChI=1S/C16H13F3N4O3/c1-3-23(2)11-10(12(24)13(11)25)20-9-6-4-8(5-7-9)14-21-15(26-22-14)16(17,18)19/h4-7,20H,3H2,1-2H3. The highest BCUT2D eigenvalue weighted by Gasteiger charge is 2.38. The van der Waals surface area contributed by atoms with E-state index < -0.39 is 22.9 Å². The van der Waals surface area contributed by atoms with Crippen LogP contribution in [-0.2, 0) is 6.18 Å². The molecule has 0 amide bonds. The van der Waals surface area contributed by atoms with Crippen molar-refractivity contribution in [2.75, 3.05) is 23.8 Å². The molecule has 0 fully saturated rings. The maximum Gasteiger partial charge on any atom is 0.471 e. The molecule has 10 heteroatoms. The molecular weight excluding hydrogens is 353 g/mol. The van der Waals surface area contributed by atoms with Gasteiger partial charge in [0.05, 0.1) is 0 Å². The second-order valence-corrected chi connectivity index (χ2v) is 5.52. The van der Waals surface area contributed by atoms with Crippen molar-refractivity contribution in [3.63, 3.8) is 0 Å². The Bertz CT molecular complexity index is 1000. The Balaban J connectivity index is 1.81. The molecule has 1 N–H and O–H groups in total. The quantitative estimate of drug-likeness (QED) is 0.694. The lowest BCUT2D eigenvalue weighted by atomic mass is 10.1. The van der Waals surface area contributed by atoms with Gasteiger partial charge in [0.25, 0.3) is 10.9 Å². The van der Waals surface area contributed by atoms with Gasteiger partial charge in [0.15, 0.2) is 0 Å². The van der Waals surface area contributed by atoms with Gasteiger partial charge in [0.1, 0.15) is 11.4 Å². The number of hydrogen-bond donors (Lipinski definition) is 1. The van der Waals surface area contributed by atoms with Crippen molar-refractivity contribution in [1.82, 2.24) is 10.1 Å². The Morgan fingerprint density at radius 2 is 1.81 bits per heavy atom. The van der Waals surface area contributed by atoms with Crippen LogP contribution in [0.4, 0.5) is 30.2 Å². The minimum Gasteiger partial charge on any atom is -0.370 e. The highest BCUT2D eigenvalue weighted by atomic mass is 19.4. The van der Waals surface area contributed by atoms with Gasteiger partial charge in [-0.2, -0.15) is 18.2 Å². The van der Waals surface area contributed by atoms with Crippen LogP contribution in [0, 0.1) is 0 Å². The summed E-state index contributed by atoms with van der Waals surface area (Å²) in [5.41, 5.74) is 0.120. The first-order chi connectivity index (χ1) is 12.2. The van der Waals surface area contributed by atoms with E-state index in [0.717, 1.165) is 0 Å². The second kappa shape index (κ2) is 6.28. The molecule has 0 atom stereocenters. The highest BCUT2D eigenvalue weighted by Crippen LogP contribution is 2.30. The van der Waals surface area contributed by atoms with Gasteiger partial charge in [-0.05, 0) is 31.2 Å². The molecule has 0 radical (unpaired) electrons. The Morgan fingerprint density at radius 1 is 1.15 bits per heavy atom. The average Bonchev–Trinajstić information content (AvgIpc) is 3.11. The predicted molar refractivity (Wildman–Crippen MR) is 88.3 cm³/mol. The summed E-state index contributed by atoms with van der Waals surface area (Å²) >= 11 is 0. The van der Waals surface area contributed by atoms with Gasteiger partial charge >= 0.3 is 12.1 Å². The summed E-state index contributed by atoms with van der Waals surface area (Å²) in [4.78, 5) is 28.4. The predicted octanol–water partition coefficient (Wildman–Crippen LogP) is 2.55. The number of anilines is 3. The average molecular weight is 366 g/mol. The van der Waals surface area contributed by atoms with Crippen molar-refractivity contribution in [2.24, 2.45) is 0 Å². The molecule has 0 unspecified atom stereocenters. The fourth-order valence-corrected chi connectivity index (χ4v) is 2.32. The second-order valence-electron chi connectivity index (χ2n) is 5.52. The molecule has 26 heavy (non-hydrogen) atoms. The first-order valence-electron chi connectivity index (χ1n) is 7.55. The van der Waals surface area contributed by atoms with Crippen molar-refractivity contribution in [1.29, 1.82) is 0 Å². The van der Waals surface area contributed by atoms with Crippen molar-refractivity contribution in [3.8, 4) is 11.4 Å². The largest absolute Gasteiger partial charge is 0.471 e. The van der Waals surface area contributed by atoms with Gasteiger partial charge in [-0.15, -0.1) is 0 Å². The van der Waals surface area contributed by atoms with Gasteiger partial charge in [0, 0.05) is 24.8 Å². The molecule has 0 aliphatic rings.